The molecule has 0 bridgehead atoms. The molecule has 3 heterocycles. The van der Waals surface area contributed by atoms with E-state index in [4.69, 9.17) is 10.1 Å². The van der Waals surface area contributed by atoms with E-state index in [1.54, 1.807) is 24.3 Å². The third-order valence-electron chi connectivity index (χ3n) is 6.05. The maximum atomic E-state index is 13.6. The highest BCUT2D eigenvalue weighted by molar-refractivity contribution is 7.92. The number of likely N-dealkylation sites (tertiary alicyclic amines) is 1. The summed E-state index contributed by atoms with van der Waals surface area (Å²) in [4.78, 5) is 22.2. The standard InChI is InChI=1S/C23H30N6O3S/c1-15-16(2)24-21-14-19(25-29(21)22(15)27(3)4)20-12-8-9-13-28(20)23(30)17-10-6-7-11-18(17)26-33(5,31)32/h6-7,10-11,14,20,26H,8-9,12-13H2,1-5H3/t20-/m0/s1. The molecule has 1 aliphatic heterocycles. The van der Waals surface area contributed by atoms with Gasteiger partial charge in [0, 0.05) is 38.0 Å². The van der Waals surface area contributed by atoms with E-state index in [1.807, 2.05) is 48.3 Å². The van der Waals surface area contributed by atoms with Crippen molar-refractivity contribution in [2.24, 2.45) is 0 Å². The molecule has 4 rings (SSSR count). The summed E-state index contributed by atoms with van der Waals surface area (Å²) < 4.78 is 27.9. The number of aromatic nitrogens is 3. The number of nitrogens with one attached hydrogen (secondary N) is 1. The monoisotopic (exact) mass is 470 g/mol. The first-order valence-electron chi connectivity index (χ1n) is 11.0. The minimum atomic E-state index is -3.52. The summed E-state index contributed by atoms with van der Waals surface area (Å²) in [6.45, 7) is 4.59. The lowest BCUT2D eigenvalue weighted by Crippen LogP contribution is -2.39. The van der Waals surface area contributed by atoms with Crippen LogP contribution in [-0.4, -0.2) is 60.7 Å². The first kappa shape index (κ1) is 23.0. The van der Waals surface area contributed by atoms with Crippen LogP contribution in [0.25, 0.3) is 5.65 Å². The van der Waals surface area contributed by atoms with Crippen LogP contribution in [0, 0.1) is 13.8 Å². The Kier molecular flexibility index (Phi) is 6.04. The van der Waals surface area contributed by atoms with Crippen molar-refractivity contribution in [2.45, 2.75) is 39.2 Å². The highest BCUT2D eigenvalue weighted by Crippen LogP contribution is 2.34. The maximum Gasteiger partial charge on any atom is 0.256 e. The molecule has 1 saturated heterocycles. The van der Waals surface area contributed by atoms with Crippen molar-refractivity contribution in [3.05, 3.63) is 52.8 Å². The van der Waals surface area contributed by atoms with Crippen LogP contribution in [0.4, 0.5) is 11.5 Å². The number of carbonyl (C=O) groups is 1. The average molecular weight is 471 g/mol. The van der Waals surface area contributed by atoms with E-state index >= 15 is 0 Å². The molecule has 10 heteroatoms. The van der Waals surface area contributed by atoms with Gasteiger partial charge in [-0.25, -0.2) is 13.4 Å². The van der Waals surface area contributed by atoms with Gasteiger partial charge in [-0.05, 0) is 45.2 Å². The molecule has 0 spiro atoms. The largest absolute Gasteiger partial charge is 0.362 e. The SMILES string of the molecule is Cc1nc2cc([C@@H]3CCCCN3C(=O)c3ccccc3NS(C)(=O)=O)nn2c(N(C)C)c1C. The smallest absolute Gasteiger partial charge is 0.256 e. The fourth-order valence-electron chi connectivity index (χ4n) is 4.48. The molecule has 0 aliphatic carbocycles. The van der Waals surface area contributed by atoms with Gasteiger partial charge in [-0.3, -0.25) is 9.52 Å². The van der Waals surface area contributed by atoms with Crippen LogP contribution >= 0.6 is 0 Å². The molecule has 1 amide bonds. The highest BCUT2D eigenvalue weighted by Gasteiger charge is 2.32. The normalized spacial score (nSPS) is 16.8. The van der Waals surface area contributed by atoms with Gasteiger partial charge < -0.3 is 9.80 Å². The molecule has 1 N–H and O–H groups in total. The zero-order valence-electron chi connectivity index (χ0n) is 19.7. The van der Waals surface area contributed by atoms with Crippen LogP contribution in [0.3, 0.4) is 0 Å². The van der Waals surface area contributed by atoms with E-state index in [2.05, 4.69) is 4.72 Å². The van der Waals surface area contributed by atoms with Gasteiger partial charge in [0.15, 0.2) is 5.65 Å². The number of sulfonamides is 1. The lowest BCUT2D eigenvalue weighted by Gasteiger charge is -2.35. The Hall–Kier alpha value is -3.14. The van der Waals surface area contributed by atoms with E-state index in [1.165, 1.54) is 0 Å². The van der Waals surface area contributed by atoms with E-state index in [-0.39, 0.29) is 17.6 Å². The summed E-state index contributed by atoms with van der Waals surface area (Å²) in [7, 11) is 0.436. The topological polar surface area (TPSA) is 99.9 Å². The van der Waals surface area contributed by atoms with Crippen molar-refractivity contribution in [1.82, 2.24) is 19.5 Å². The Labute approximate surface area is 194 Å². The fourth-order valence-corrected chi connectivity index (χ4v) is 5.06. The van der Waals surface area contributed by atoms with E-state index in [0.29, 0.717) is 12.1 Å². The van der Waals surface area contributed by atoms with E-state index in [9.17, 15) is 13.2 Å². The number of benzene rings is 1. The van der Waals surface area contributed by atoms with Gasteiger partial charge in [0.1, 0.15) is 5.82 Å². The molecular weight excluding hydrogens is 440 g/mol. The number of anilines is 2. The van der Waals surface area contributed by atoms with Crippen molar-refractivity contribution in [2.75, 3.05) is 36.5 Å². The van der Waals surface area contributed by atoms with Crippen molar-refractivity contribution >= 4 is 33.1 Å². The summed E-state index contributed by atoms with van der Waals surface area (Å²) in [5.41, 5.74) is 4.14. The molecule has 0 saturated carbocycles. The second kappa shape index (κ2) is 8.66. The Balaban J connectivity index is 1.76. The summed E-state index contributed by atoms with van der Waals surface area (Å²) >= 11 is 0. The van der Waals surface area contributed by atoms with Crippen LogP contribution in [0.5, 0.6) is 0 Å². The second-order valence-corrected chi connectivity index (χ2v) is 10.6. The van der Waals surface area contributed by atoms with Crippen LogP contribution in [0.15, 0.2) is 30.3 Å². The molecule has 0 unspecified atom stereocenters. The van der Waals surface area contributed by atoms with E-state index in [0.717, 1.165) is 53.9 Å². The summed E-state index contributed by atoms with van der Waals surface area (Å²) in [6.07, 6.45) is 3.73. The van der Waals surface area contributed by atoms with Crippen molar-refractivity contribution < 1.29 is 13.2 Å². The molecular formula is C23H30N6O3S. The number of hydrogen-bond donors (Lipinski definition) is 1. The van der Waals surface area contributed by atoms with Crippen molar-refractivity contribution in [3.8, 4) is 0 Å². The summed E-state index contributed by atoms with van der Waals surface area (Å²) in [6, 6.07) is 8.45. The number of rotatable bonds is 5. The van der Waals surface area contributed by atoms with Crippen LogP contribution in [0.2, 0.25) is 0 Å². The van der Waals surface area contributed by atoms with Gasteiger partial charge in [-0.1, -0.05) is 12.1 Å². The summed E-state index contributed by atoms with van der Waals surface area (Å²) in [5.74, 6) is 0.747. The third-order valence-corrected chi connectivity index (χ3v) is 6.64. The first-order valence-corrected chi connectivity index (χ1v) is 12.9. The second-order valence-electron chi connectivity index (χ2n) is 8.81. The van der Waals surface area contributed by atoms with Gasteiger partial charge in [0.05, 0.1) is 29.2 Å². The highest BCUT2D eigenvalue weighted by atomic mass is 32.2. The molecule has 1 atom stereocenters. The number of aryl methyl sites for hydroxylation is 1. The third kappa shape index (κ3) is 4.52. The van der Waals surface area contributed by atoms with E-state index < -0.39 is 10.0 Å². The molecule has 3 aromatic rings. The van der Waals surface area contributed by atoms with Gasteiger partial charge >= 0.3 is 0 Å². The van der Waals surface area contributed by atoms with Gasteiger partial charge in [0.2, 0.25) is 10.0 Å². The molecule has 1 aromatic carbocycles. The molecule has 2 aromatic heterocycles. The zero-order chi connectivity index (χ0) is 23.9. The molecule has 1 fully saturated rings. The number of fused-ring (bicyclic) bond motifs is 1. The lowest BCUT2D eigenvalue weighted by atomic mass is 9.98. The first-order chi connectivity index (χ1) is 15.6. The van der Waals surface area contributed by atoms with Crippen LogP contribution in [-0.2, 0) is 10.0 Å². The molecule has 33 heavy (non-hydrogen) atoms. The Morgan fingerprint density at radius 1 is 1.18 bits per heavy atom. The van der Waals surface area contributed by atoms with Gasteiger partial charge in [-0.2, -0.15) is 9.61 Å². The molecule has 1 aliphatic rings. The number of nitrogens with zero attached hydrogens (tertiary/aromatic N) is 5. The van der Waals surface area contributed by atoms with Gasteiger partial charge in [-0.15, -0.1) is 0 Å². The Bertz CT molecular complexity index is 1320. The number of amides is 1. The van der Waals surface area contributed by atoms with Gasteiger partial charge in [0.25, 0.3) is 5.91 Å². The van der Waals surface area contributed by atoms with Crippen LogP contribution < -0.4 is 9.62 Å². The summed E-state index contributed by atoms with van der Waals surface area (Å²) in [5, 5.41) is 4.87. The predicted molar refractivity (Wildman–Crippen MR) is 129 cm³/mol. The lowest BCUT2D eigenvalue weighted by molar-refractivity contribution is 0.0607. The van der Waals surface area contributed by atoms with Crippen molar-refractivity contribution in [1.29, 1.82) is 0 Å². The fraction of sp³-hybridized carbons (Fsp3) is 0.435. The quantitative estimate of drug-likeness (QED) is 0.615. The number of carbonyl (C=O) groups excluding carboxylic acids is 1. The Morgan fingerprint density at radius 2 is 1.91 bits per heavy atom. The zero-order valence-corrected chi connectivity index (χ0v) is 20.5. The number of para-hydroxylation sites is 1. The van der Waals surface area contributed by atoms with Crippen molar-refractivity contribution in [3.63, 3.8) is 0 Å². The molecule has 176 valence electrons. The maximum absolute atomic E-state index is 13.6. The minimum Gasteiger partial charge on any atom is -0.362 e. The number of piperidine rings is 1. The minimum absolute atomic E-state index is 0.211. The molecule has 9 nitrogen and oxygen atoms in total. The Morgan fingerprint density at radius 3 is 2.61 bits per heavy atom. The van der Waals surface area contributed by atoms with Crippen LogP contribution in [0.1, 0.15) is 52.6 Å². The predicted octanol–water partition coefficient (Wildman–Crippen LogP) is 3.15. The molecule has 0 radical (unpaired) electrons. The number of hydrogen-bond acceptors (Lipinski definition) is 6. The average Bonchev–Trinajstić information content (AvgIpc) is 3.16.